The number of carboxylic acids is 1. The number of carbonyl (C=O) groups excluding carboxylic acids is 1. The quantitative estimate of drug-likeness (QED) is 0.580. The average Bonchev–Trinajstić information content (AvgIpc) is 2.89. The second-order valence-corrected chi connectivity index (χ2v) is 6.30. The third-order valence-corrected chi connectivity index (χ3v) is 4.59. The van der Waals surface area contributed by atoms with E-state index in [0.29, 0.717) is 5.17 Å². The molecule has 128 valence electrons. The third-order valence-electron chi connectivity index (χ3n) is 3.51. The summed E-state index contributed by atoms with van der Waals surface area (Å²) in [5, 5.41) is 18.8. The highest BCUT2D eigenvalue weighted by Gasteiger charge is 2.32. The first-order valence-electron chi connectivity index (χ1n) is 7.68. The molecule has 2 rings (SSSR count). The minimum absolute atomic E-state index is 0.230. The second-order valence-electron chi connectivity index (χ2n) is 5.11. The Labute approximate surface area is 144 Å². The lowest BCUT2D eigenvalue weighted by Crippen LogP contribution is -2.26. The molecule has 1 aliphatic rings. The molecule has 0 radical (unpaired) electrons. The first kappa shape index (κ1) is 18.0. The maximum Gasteiger partial charge on any atom is 0.305 e. The largest absolute Gasteiger partial charge is 0.481 e. The number of nitrogens with one attached hydrogen (secondary N) is 1. The van der Waals surface area contributed by atoms with E-state index in [1.54, 1.807) is 6.21 Å². The molecule has 0 saturated carbocycles. The molecule has 24 heavy (non-hydrogen) atoms. The normalized spacial score (nSPS) is 19.0. The summed E-state index contributed by atoms with van der Waals surface area (Å²) in [5.74, 6) is -1.36. The van der Waals surface area contributed by atoms with Crippen molar-refractivity contribution in [2.24, 2.45) is 10.2 Å². The van der Waals surface area contributed by atoms with Crippen LogP contribution < -0.4 is 10.2 Å². The Kier molecular flexibility index (Phi) is 6.36. The fourth-order valence-corrected chi connectivity index (χ4v) is 3.17. The van der Waals surface area contributed by atoms with E-state index >= 15 is 0 Å². The van der Waals surface area contributed by atoms with Crippen LogP contribution in [-0.4, -0.2) is 46.7 Å². The van der Waals surface area contributed by atoms with E-state index in [0.717, 1.165) is 36.1 Å². The molecule has 8 heteroatoms. The van der Waals surface area contributed by atoms with Crippen molar-refractivity contribution >= 4 is 40.7 Å². The van der Waals surface area contributed by atoms with Gasteiger partial charge in [0.15, 0.2) is 5.17 Å². The predicted molar refractivity (Wildman–Crippen MR) is 96.8 cm³/mol. The van der Waals surface area contributed by atoms with Crippen LogP contribution in [0.5, 0.6) is 0 Å². The van der Waals surface area contributed by atoms with Crippen molar-refractivity contribution in [2.45, 2.75) is 25.5 Å². The summed E-state index contributed by atoms with van der Waals surface area (Å²) in [4.78, 5) is 24.5. The number of amides is 1. The average molecular weight is 348 g/mol. The monoisotopic (exact) mass is 348 g/mol. The Balaban J connectivity index is 1.96. The zero-order chi connectivity index (χ0) is 17.5. The molecule has 1 atom stereocenters. The van der Waals surface area contributed by atoms with Gasteiger partial charge in [-0.2, -0.15) is 5.10 Å². The molecule has 0 unspecified atom stereocenters. The molecule has 0 aromatic heterocycles. The maximum atomic E-state index is 11.6. The van der Waals surface area contributed by atoms with Crippen LogP contribution in [0, 0.1) is 0 Å². The number of carbonyl (C=O) groups is 2. The summed E-state index contributed by atoms with van der Waals surface area (Å²) in [5.41, 5.74) is 2.05. The van der Waals surface area contributed by atoms with Crippen molar-refractivity contribution < 1.29 is 14.7 Å². The Hall–Kier alpha value is -2.35. The van der Waals surface area contributed by atoms with Crippen molar-refractivity contribution in [3.8, 4) is 0 Å². The van der Waals surface area contributed by atoms with Crippen LogP contribution in [-0.2, 0) is 9.59 Å². The highest BCUT2D eigenvalue weighted by Crippen LogP contribution is 2.22. The molecule has 1 amide bonds. The van der Waals surface area contributed by atoms with Crippen molar-refractivity contribution in [3.05, 3.63) is 29.8 Å². The lowest BCUT2D eigenvalue weighted by Gasteiger charge is -2.20. The van der Waals surface area contributed by atoms with Crippen molar-refractivity contribution in [1.29, 1.82) is 0 Å². The topological polar surface area (TPSA) is 94.4 Å². The minimum atomic E-state index is -1.01. The number of rotatable bonds is 7. The Morgan fingerprint density at radius 1 is 1.33 bits per heavy atom. The van der Waals surface area contributed by atoms with E-state index in [2.05, 4.69) is 34.3 Å². The summed E-state index contributed by atoms with van der Waals surface area (Å²) >= 11 is 1.08. The van der Waals surface area contributed by atoms with Crippen LogP contribution in [0.1, 0.15) is 25.8 Å². The lowest BCUT2D eigenvalue weighted by molar-refractivity contribution is -0.138. The number of thioether (sulfide) groups is 1. The van der Waals surface area contributed by atoms with Gasteiger partial charge in [-0.3, -0.25) is 9.59 Å². The van der Waals surface area contributed by atoms with Crippen LogP contribution in [0.4, 0.5) is 5.69 Å². The van der Waals surface area contributed by atoms with Crippen LogP contribution in [0.25, 0.3) is 0 Å². The van der Waals surface area contributed by atoms with E-state index in [4.69, 9.17) is 5.11 Å². The molecule has 7 nitrogen and oxygen atoms in total. The molecule has 1 fully saturated rings. The molecule has 0 aliphatic carbocycles. The third kappa shape index (κ3) is 4.82. The van der Waals surface area contributed by atoms with Crippen molar-refractivity contribution in [2.75, 3.05) is 18.0 Å². The SMILES string of the molecule is CCN(CC)c1ccc(/C=N/N=C2/NC(=O)[C@H](CC(=O)O)S2)cc1. The van der Waals surface area contributed by atoms with Gasteiger partial charge < -0.3 is 15.3 Å². The zero-order valence-electron chi connectivity index (χ0n) is 13.6. The molecule has 1 aliphatic heterocycles. The zero-order valence-corrected chi connectivity index (χ0v) is 14.4. The number of anilines is 1. The van der Waals surface area contributed by atoms with Gasteiger partial charge in [0.2, 0.25) is 5.91 Å². The fourth-order valence-electron chi connectivity index (χ4n) is 2.25. The number of hydrogen-bond acceptors (Lipinski definition) is 6. The van der Waals surface area contributed by atoms with Gasteiger partial charge >= 0.3 is 5.97 Å². The van der Waals surface area contributed by atoms with E-state index in [1.165, 1.54) is 0 Å². The molecule has 2 N–H and O–H groups in total. The van der Waals surface area contributed by atoms with Gasteiger partial charge in [0.05, 0.1) is 12.6 Å². The molecule has 1 heterocycles. The first-order valence-corrected chi connectivity index (χ1v) is 8.56. The van der Waals surface area contributed by atoms with Crippen LogP contribution in [0.15, 0.2) is 34.5 Å². The molecule has 0 spiro atoms. The maximum absolute atomic E-state index is 11.6. The van der Waals surface area contributed by atoms with Crippen LogP contribution >= 0.6 is 11.8 Å². The standard InChI is InChI=1S/C16H20N4O3S/c1-3-20(4-2)12-7-5-11(6-8-12)10-17-19-16-18-15(23)13(24-16)9-14(21)22/h5-8,10,13H,3-4,9H2,1-2H3,(H,21,22)(H,18,19,23)/b17-10+/t13-/m0/s1. The fraction of sp³-hybridized carbons (Fsp3) is 0.375. The molecule has 1 aromatic carbocycles. The number of benzene rings is 1. The van der Waals surface area contributed by atoms with Crippen molar-refractivity contribution in [3.63, 3.8) is 0 Å². The Bertz CT molecular complexity index is 654. The van der Waals surface area contributed by atoms with E-state index < -0.39 is 11.2 Å². The summed E-state index contributed by atoms with van der Waals surface area (Å²) in [6.07, 6.45) is 1.36. The van der Waals surface area contributed by atoms with Gasteiger partial charge in [-0.1, -0.05) is 23.9 Å². The van der Waals surface area contributed by atoms with Gasteiger partial charge in [-0.25, -0.2) is 0 Å². The smallest absolute Gasteiger partial charge is 0.305 e. The minimum Gasteiger partial charge on any atom is -0.481 e. The van der Waals surface area contributed by atoms with E-state index in [-0.39, 0.29) is 12.3 Å². The van der Waals surface area contributed by atoms with Gasteiger partial charge in [-0.15, -0.1) is 5.10 Å². The molecular formula is C16H20N4O3S. The van der Waals surface area contributed by atoms with Gasteiger partial charge in [0.25, 0.3) is 0 Å². The predicted octanol–water partition coefficient (Wildman–Crippen LogP) is 1.93. The van der Waals surface area contributed by atoms with Crippen molar-refractivity contribution in [1.82, 2.24) is 5.32 Å². The van der Waals surface area contributed by atoms with Crippen LogP contribution in [0.2, 0.25) is 0 Å². The second kappa shape index (κ2) is 8.49. The molecule has 1 aromatic rings. The highest BCUT2D eigenvalue weighted by atomic mass is 32.2. The lowest BCUT2D eigenvalue weighted by atomic mass is 10.2. The highest BCUT2D eigenvalue weighted by molar-refractivity contribution is 8.15. The number of carboxylic acid groups (broad SMARTS) is 1. The molecule has 0 bridgehead atoms. The van der Waals surface area contributed by atoms with E-state index in [1.807, 2.05) is 24.3 Å². The van der Waals surface area contributed by atoms with Gasteiger partial charge in [-0.05, 0) is 31.5 Å². The summed E-state index contributed by atoms with van der Waals surface area (Å²) in [6, 6.07) is 7.95. The van der Waals surface area contributed by atoms with Gasteiger partial charge in [0.1, 0.15) is 5.25 Å². The number of amidine groups is 1. The summed E-state index contributed by atoms with van der Waals surface area (Å²) in [7, 11) is 0. The summed E-state index contributed by atoms with van der Waals surface area (Å²) < 4.78 is 0. The summed E-state index contributed by atoms with van der Waals surface area (Å²) in [6.45, 7) is 6.12. The number of nitrogens with zero attached hydrogens (tertiary/aromatic N) is 3. The first-order chi connectivity index (χ1) is 11.5. The Morgan fingerprint density at radius 3 is 2.58 bits per heavy atom. The van der Waals surface area contributed by atoms with Gasteiger partial charge in [0, 0.05) is 18.8 Å². The van der Waals surface area contributed by atoms with Crippen LogP contribution in [0.3, 0.4) is 0 Å². The number of aliphatic carboxylic acids is 1. The number of hydrogen-bond donors (Lipinski definition) is 2. The molecule has 1 saturated heterocycles. The molecular weight excluding hydrogens is 328 g/mol. The van der Waals surface area contributed by atoms with E-state index in [9.17, 15) is 9.59 Å². The Morgan fingerprint density at radius 2 is 2.00 bits per heavy atom.